The van der Waals surface area contributed by atoms with Crippen molar-refractivity contribution in [2.45, 2.75) is 45.1 Å². The second-order valence-electron chi connectivity index (χ2n) is 4.30. The number of anilines is 2. The summed E-state index contributed by atoms with van der Waals surface area (Å²) in [7, 11) is 0. The predicted molar refractivity (Wildman–Crippen MR) is 66.7 cm³/mol. The molecule has 0 unspecified atom stereocenters. The first-order chi connectivity index (χ1) is 7.88. The Balaban J connectivity index is 1.94. The lowest BCUT2D eigenvalue weighted by molar-refractivity contribution is 0.462. The molecule has 4 nitrogen and oxygen atoms in total. The number of hydrogen-bond acceptors (Lipinski definition) is 4. The molecular formula is C12H20N4. The molecule has 0 aromatic carbocycles. The lowest BCUT2D eigenvalue weighted by Crippen LogP contribution is -2.23. The molecule has 0 saturated heterocycles. The quantitative estimate of drug-likeness (QED) is 0.819. The van der Waals surface area contributed by atoms with Gasteiger partial charge in [-0.15, -0.1) is 0 Å². The molecule has 1 heterocycles. The molecule has 0 radical (unpaired) electrons. The van der Waals surface area contributed by atoms with Crippen molar-refractivity contribution in [3.8, 4) is 0 Å². The Morgan fingerprint density at radius 2 is 1.94 bits per heavy atom. The van der Waals surface area contributed by atoms with Gasteiger partial charge in [0.2, 0.25) is 0 Å². The molecule has 4 heteroatoms. The molecule has 16 heavy (non-hydrogen) atoms. The van der Waals surface area contributed by atoms with Gasteiger partial charge in [0.05, 0.1) is 12.4 Å². The van der Waals surface area contributed by atoms with E-state index in [1.54, 1.807) is 12.4 Å². The Hall–Kier alpha value is -1.32. The van der Waals surface area contributed by atoms with Gasteiger partial charge >= 0.3 is 0 Å². The molecule has 1 aliphatic carbocycles. The van der Waals surface area contributed by atoms with Crippen molar-refractivity contribution < 1.29 is 0 Å². The highest BCUT2D eigenvalue weighted by molar-refractivity contribution is 5.42. The topological polar surface area (TPSA) is 49.8 Å². The van der Waals surface area contributed by atoms with E-state index in [9.17, 15) is 0 Å². The first-order valence-electron chi connectivity index (χ1n) is 6.21. The molecule has 0 bridgehead atoms. The zero-order chi connectivity index (χ0) is 11.2. The SMILES string of the molecule is CCNc1cncc(NC2CCCCC2)n1. The average molecular weight is 220 g/mol. The summed E-state index contributed by atoms with van der Waals surface area (Å²) in [6.07, 6.45) is 10.1. The number of hydrogen-bond donors (Lipinski definition) is 2. The number of aromatic nitrogens is 2. The third-order valence-electron chi connectivity index (χ3n) is 2.95. The summed E-state index contributed by atoms with van der Waals surface area (Å²) < 4.78 is 0. The molecular weight excluding hydrogens is 200 g/mol. The fourth-order valence-corrected chi connectivity index (χ4v) is 2.16. The van der Waals surface area contributed by atoms with Crippen LogP contribution < -0.4 is 10.6 Å². The Labute approximate surface area is 96.9 Å². The summed E-state index contributed by atoms with van der Waals surface area (Å²) in [5.74, 6) is 1.74. The van der Waals surface area contributed by atoms with Gasteiger partial charge in [-0.3, -0.25) is 4.98 Å². The van der Waals surface area contributed by atoms with Crippen LogP contribution in [0.4, 0.5) is 11.6 Å². The summed E-state index contributed by atoms with van der Waals surface area (Å²) in [4.78, 5) is 8.65. The van der Waals surface area contributed by atoms with Crippen LogP contribution in [0.15, 0.2) is 12.4 Å². The van der Waals surface area contributed by atoms with Crippen molar-refractivity contribution in [2.75, 3.05) is 17.2 Å². The fourth-order valence-electron chi connectivity index (χ4n) is 2.16. The number of nitrogens with one attached hydrogen (secondary N) is 2. The second kappa shape index (κ2) is 5.68. The van der Waals surface area contributed by atoms with Crippen LogP contribution in [0.1, 0.15) is 39.0 Å². The lowest BCUT2D eigenvalue weighted by Gasteiger charge is -2.23. The van der Waals surface area contributed by atoms with Crippen molar-refractivity contribution in [3.05, 3.63) is 12.4 Å². The summed E-state index contributed by atoms with van der Waals surface area (Å²) >= 11 is 0. The van der Waals surface area contributed by atoms with Crippen LogP contribution in [0.5, 0.6) is 0 Å². The minimum absolute atomic E-state index is 0.583. The van der Waals surface area contributed by atoms with Gasteiger partial charge in [0.15, 0.2) is 0 Å². The van der Waals surface area contributed by atoms with Crippen LogP contribution in [-0.2, 0) is 0 Å². The van der Waals surface area contributed by atoms with Gasteiger partial charge in [-0.05, 0) is 19.8 Å². The van der Waals surface area contributed by atoms with E-state index in [1.165, 1.54) is 32.1 Å². The van der Waals surface area contributed by atoms with E-state index in [0.717, 1.165) is 18.2 Å². The van der Waals surface area contributed by atoms with E-state index >= 15 is 0 Å². The summed E-state index contributed by atoms with van der Waals surface area (Å²) in [6, 6.07) is 0.583. The van der Waals surface area contributed by atoms with Crippen molar-refractivity contribution in [2.24, 2.45) is 0 Å². The molecule has 1 fully saturated rings. The Kier molecular flexibility index (Phi) is 3.97. The van der Waals surface area contributed by atoms with Gasteiger partial charge in [-0.2, -0.15) is 0 Å². The zero-order valence-corrected chi connectivity index (χ0v) is 9.87. The van der Waals surface area contributed by atoms with Crippen LogP contribution in [0, 0.1) is 0 Å². The van der Waals surface area contributed by atoms with Crippen LogP contribution in [0.2, 0.25) is 0 Å². The molecule has 1 aromatic rings. The highest BCUT2D eigenvalue weighted by Gasteiger charge is 2.13. The van der Waals surface area contributed by atoms with Crippen molar-refractivity contribution in [1.82, 2.24) is 9.97 Å². The van der Waals surface area contributed by atoms with Gasteiger partial charge in [0, 0.05) is 12.6 Å². The molecule has 0 aliphatic heterocycles. The largest absolute Gasteiger partial charge is 0.369 e. The molecule has 1 aliphatic rings. The van der Waals surface area contributed by atoms with Gasteiger partial charge < -0.3 is 10.6 Å². The van der Waals surface area contributed by atoms with Gasteiger partial charge in [-0.1, -0.05) is 19.3 Å². The molecule has 1 aromatic heterocycles. The first kappa shape index (κ1) is 11.2. The summed E-state index contributed by atoms with van der Waals surface area (Å²) in [5.41, 5.74) is 0. The van der Waals surface area contributed by atoms with Gasteiger partial charge in [0.25, 0.3) is 0 Å². The molecule has 2 N–H and O–H groups in total. The van der Waals surface area contributed by atoms with Gasteiger partial charge in [0.1, 0.15) is 11.6 Å². The number of rotatable bonds is 4. The highest BCUT2D eigenvalue weighted by Crippen LogP contribution is 2.20. The molecule has 1 saturated carbocycles. The second-order valence-corrected chi connectivity index (χ2v) is 4.30. The monoisotopic (exact) mass is 220 g/mol. The average Bonchev–Trinajstić information content (AvgIpc) is 2.31. The maximum absolute atomic E-state index is 4.47. The van der Waals surface area contributed by atoms with Crippen LogP contribution >= 0.6 is 0 Å². The van der Waals surface area contributed by atoms with Crippen molar-refractivity contribution >= 4 is 11.6 Å². The molecule has 88 valence electrons. The zero-order valence-electron chi connectivity index (χ0n) is 9.87. The third kappa shape index (κ3) is 3.08. The highest BCUT2D eigenvalue weighted by atomic mass is 15.1. The molecule has 0 amide bonds. The molecule has 0 spiro atoms. The van der Waals surface area contributed by atoms with E-state index in [0.29, 0.717) is 6.04 Å². The van der Waals surface area contributed by atoms with Crippen molar-refractivity contribution in [1.29, 1.82) is 0 Å². The smallest absolute Gasteiger partial charge is 0.147 e. The summed E-state index contributed by atoms with van der Waals surface area (Å²) in [6.45, 7) is 2.93. The molecule has 2 rings (SSSR count). The maximum atomic E-state index is 4.47. The maximum Gasteiger partial charge on any atom is 0.147 e. The standard InChI is InChI=1S/C12H20N4/c1-2-14-11-8-13-9-12(16-11)15-10-6-4-3-5-7-10/h8-10H,2-7H2,1H3,(H2,14,15,16). The van der Waals surface area contributed by atoms with Crippen LogP contribution in [0.25, 0.3) is 0 Å². The van der Waals surface area contributed by atoms with Crippen molar-refractivity contribution in [3.63, 3.8) is 0 Å². The third-order valence-corrected chi connectivity index (χ3v) is 2.95. The normalized spacial score (nSPS) is 17.1. The first-order valence-corrected chi connectivity index (χ1v) is 6.21. The number of nitrogens with zero attached hydrogens (tertiary/aromatic N) is 2. The molecule has 0 atom stereocenters. The Morgan fingerprint density at radius 3 is 2.69 bits per heavy atom. The summed E-state index contributed by atoms with van der Waals surface area (Å²) in [5, 5.41) is 6.64. The Morgan fingerprint density at radius 1 is 1.19 bits per heavy atom. The van der Waals surface area contributed by atoms with E-state index in [2.05, 4.69) is 27.5 Å². The minimum atomic E-state index is 0.583. The minimum Gasteiger partial charge on any atom is -0.369 e. The predicted octanol–water partition coefficient (Wildman–Crippen LogP) is 2.65. The van der Waals surface area contributed by atoms with Gasteiger partial charge in [-0.25, -0.2) is 4.98 Å². The van der Waals surface area contributed by atoms with E-state index in [4.69, 9.17) is 0 Å². The van der Waals surface area contributed by atoms with E-state index in [1.807, 2.05) is 0 Å². The van der Waals surface area contributed by atoms with E-state index < -0.39 is 0 Å². The van der Waals surface area contributed by atoms with Crippen LogP contribution in [0.3, 0.4) is 0 Å². The lowest BCUT2D eigenvalue weighted by atomic mass is 9.96. The van der Waals surface area contributed by atoms with E-state index in [-0.39, 0.29) is 0 Å². The Bertz CT molecular complexity index is 321. The van der Waals surface area contributed by atoms with Crippen LogP contribution in [-0.4, -0.2) is 22.6 Å². The fraction of sp³-hybridized carbons (Fsp3) is 0.667.